The molecule has 2 rings (SSSR count). The van der Waals surface area contributed by atoms with Gasteiger partial charge in [0.1, 0.15) is 6.04 Å². The van der Waals surface area contributed by atoms with E-state index in [1.165, 1.54) is 12.8 Å². The molecule has 2 aliphatic rings. The molecule has 0 spiro atoms. The van der Waals surface area contributed by atoms with Gasteiger partial charge in [-0.25, -0.2) is 0 Å². The number of amides is 2. The summed E-state index contributed by atoms with van der Waals surface area (Å²) in [6.45, 7) is 3.81. The predicted molar refractivity (Wildman–Crippen MR) is 82.6 cm³/mol. The minimum Gasteiger partial charge on any atom is -0.344 e. The van der Waals surface area contributed by atoms with E-state index in [4.69, 9.17) is 5.73 Å². The van der Waals surface area contributed by atoms with Crippen molar-refractivity contribution in [3.63, 3.8) is 0 Å². The zero-order chi connectivity index (χ0) is 15.3. The second-order valence-corrected chi connectivity index (χ2v) is 6.63. The van der Waals surface area contributed by atoms with Crippen molar-refractivity contribution in [2.75, 3.05) is 19.6 Å². The Morgan fingerprint density at radius 3 is 2.24 bits per heavy atom. The minimum atomic E-state index is -0.450. The smallest absolute Gasteiger partial charge is 0.244 e. The Hall–Kier alpha value is -1.10. The summed E-state index contributed by atoms with van der Waals surface area (Å²) in [5.74, 6) is 0.0218. The standard InChI is InChI=1S/C16H29N3O2/c1-13(14(20)19-10-6-3-7-11-19)18-15(21)16(12-17)8-4-2-5-9-16/h13H,2-12,17H2,1H3,(H,18,21). The van der Waals surface area contributed by atoms with Crippen LogP contribution in [-0.4, -0.2) is 42.4 Å². The highest BCUT2D eigenvalue weighted by molar-refractivity contribution is 5.90. The van der Waals surface area contributed by atoms with E-state index in [-0.39, 0.29) is 11.8 Å². The first kappa shape index (κ1) is 16.3. The lowest BCUT2D eigenvalue weighted by molar-refractivity contribution is -0.140. The minimum absolute atomic E-state index is 0.0254. The van der Waals surface area contributed by atoms with Gasteiger partial charge in [-0.1, -0.05) is 19.3 Å². The lowest BCUT2D eigenvalue weighted by Crippen LogP contribution is -2.54. The maximum absolute atomic E-state index is 12.6. The summed E-state index contributed by atoms with van der Waals surface area (Å²) in [5, 5.41) is 2.93. The molecule has 1 saturated carbocycles. The van der Waals surface area contributed by atoms with Gasteiger partial charge in [0.2, 0.25) is 11.8 Å². The molecule has 1 aliphatic carbocycles. The summed E-state index contributed by atoms with van der Waals surface area (Å²) >= 11 is 0. The fraction of sp³-hybridized carbons (Fsp3) is 0.875. The molecular weight excluding hydrogens is 266 g/mol. The second kappa shape index (κ2) is 7.25. The topological polar surface area (TPSA) is 75.4 Å². The zero-order valence-corrected chi connectivity index (χ0v) is 13.2. The van der Waals surface area contributed by atoms with Crippen LogP contribution in [-0.2, 0) is 9.59 Å². The average Bonchev–Trinajstić information content (AvgIpc) is 2.55. The Kier molecular flexibility index (Phi) is 5.62. The Bertz CT molecular complexity index is 372. The van der Waals surface area contributed by atoms with Gasteiger partial charge < -0.3 is 16.0 Å². The van der Waals surface area contributed by atoms with Gasteiger partial charge in [-0.2, -0.15) is 0 Å². The van der Waals surface area contributed by atoms with E-state index in [2.05, 4.69) is 5.32 Å². The summed E-state index contributed by atoms with van der Waals surface area (Å²) in [5.41, 5.74) is 5.43. The maximum Gasteiger partial charge on any atom is 0.244 e. The quantitative estimate of drug-likeness (QED) is 0.823. The van der Waals surface area contributed by atoms with Crippen molar-refractivity contribution >= 4 is 11.8 Å². The van der Waals surface area contributed by atoms with Gasteiger partial charge in [-0.3, -0.25) is 9.59 Å². The molecule has 1 saturated heterocycles. The van der Waals surface area contributed by atoms with Gasteiger partial charge in [0.15, 0.2) is 0 Å². The summed E-state index contributed by atoms with van der Waals surface area (Å²) in [6, 6.07) is -0.444. The lowest BCUT2D eigenvalue weighted by Gasteiger charge is -2.36. The van der Waals surface area contributed by atoms with E-state index in [0.717, 1.165) is 51.6 Å². The first-order valence-corrected chi connectivity index (χ1v) is 8.39. The number of piperidine rings is 1. The normalized spacial score (nSPS) is 23.4. The van der Waals surface area contributed by atoms with E-state index >= 15 is 0 Å². The Morgan fingerprint density at radius 2 is 1.67 bits per heavy atom. The van der Waals surface area contributed by atoms with Gasteiger partial charge in [0.05, 0.1) is 5.41 Å². The number of likely N-dealkylation sites (tertiary alicyclic amines) is 1. The molecule has 0 radical (unpaired) electrons. The van der Waals surface area contributed by atoms with Gasteiger partial charge >= 0.3 is 0 Å². The third-order valence-electron chi connectivity index (χ3n) is 5.07. The number of nitrogens with two attached hydrogens (primary N) is 1. The Morgan fingerprint density at radius 1 is 1.10 bits per heavy atom. The molecule has 1 unspecified atom stereocenters. The van der Waals surface area contributed by atoms with Crippen LogP contribution in [0.2, 0.25) is 0 Å². The molecule has 120 valence electrons. The van der Waals surface area contributed by atoms with Crippen molar-refractivity contribution in [2.45, 2.75) is 64.3 Å². The number of carbonyl (C=O) groups is 2. The number of nitrogens with one attached hydrogen (secondary N) is 1. The van der Waals surface area contributed by atoms with E-state index in [1.807, 2.05) is 4.90 Å². The predicted octanol–water partition coefficient (Wildman–Crippen LogP) is 1.41. The van der Waals surface area contributed by atoms with E-state index in [0.29, 0.717) is 6.54 Å². The number of rotatable bonds is 4. The average molecular weight is 295 g/mol. The van der Waals surface area contributed by atoms with Crippen LogP contribution in [0.25, 0.3) is 0 Å². The Balaban J connectivity index is 1.92. The highest BCUT2D eigenvalue weighted by Crippen LogP contribution is 2.35. The van der Waals surface area contributed by atoms with Gasteiger partial charge in [0.25, 0.3) is 0 Å². The number of hydrogen-bond acceptors (Lipinski definition) is 3. The zero-order valence-electron chi connectivity index (χ0n) is 13.2. The molecule has 1 atom stereocenters. The molecule has 5 heteroatoms. The van der Waals surface area contributed by atoms with E-state index in [9.17, 15) is 9.59 Å². The van der Waals surface area contributed by atoms with Crippen LogP contribution >= 0.6 is 0 Å². The molecule has 2 fully saturated rings. The van der Waals surface area contributed by atoms with Crippen LogP contribution < -0.4 is 11.1 Å². The van der Waals surface area contributed by atoms with Crippen LogP contribution in [0.5, 0.6) is 0 Å². The van der Waals surface area contributed by atoms with Crippen molar-refractivity contribution in [3.05, 3.63) is 0 Å². The Labute approximate surface area is 127 Å². The van der Waals surface area contributed by atoms with Gasteiger partial charge in [-0.05, 0) is 39.0 Å². The van der Waals surface area contributed by atoms with Crippen molar-refractivity contribution in [2.24, 2.45) is 11.1 Å². The molecule has 0 aromatic heterocycles. The molecule has 21 heavy (non-hydrogen) atoms. The SMILES string of the molecule is CC(NC(=O)C1(CN)CCCCC1)C(=O)N1CCCCC1. The van der Waals surface area contributed by atoms with E-state index in [1.54, 1.807) is 6.92 Å². The highest BCUT2D eigenvalue weighted by atomic mass is 16.2. The fourth-order valence-corrected chi connectivity index (χ4v) is 3.55. The number of carbonyl (C=O) groups excluding carboxylic acids is 2. The first-order chi connectivity index (χ1) is 10.1. The third-order valence-corrected chi connectivity index (χ3v) is 5.07. The summed E-state index contributed by atoms with van der Waals surface area (Å²) in [4.78, 5) is 26.9. The van der Waals surface area contributed by atoms with Crippen LogP contribution in [0, 0.1) is 5.41 Å². The van der Waals surface area contributed by atoms with Crippen molar-refractivity contribution < 1.29 is 9.59 Å². The monoisotopic (exact) mass is 295 g/mol. The highest BCUT2D eigenvalue weighted by Gasteiger charge is 2.39. The van der Waals surface area contributed by atoms with Crippen LogP contribution in [0.1, 0.15) is 58.3 Å². The lowest BCUT2D eigenvalue weighted by atomic mass is 9.73. The van der Waals surface area contributed by atoms with Gasteiger partial charge in [-0.15, -0.1) is 0 Å². The molecule has 3 N–H and O–H groups in total. The molecule has 0 aromatic rings. The first-order valence-electron chi connectivity index (χ1n) is 8.39. The molecular formula is C16H29N3O2. The van der Waals surface area contributed by atoms with Gasteiger partial charge in [0, 0.05) is 19.6 Å². The third kappa shape index (κ3) is 3.76. The molecule has 1 aliphatic heterocycles. The van der Waals surface area contributed by atoms with Crippen LogP contribution in [0.15, 0.2) is 0 Å². The number of nitrogens with zero attached hydrogens (tertiary/aromatic N) is 1. The molecule has 2 amide bonds. The molecule has 5 nitrogen and oxygen atoms in total. The van der Waals surface area contributed by atoms with Crippen molar-refractivity contribution in [3.8, 4) is 0 Å². The summed E-state index contributed by atoms with van der Waals surface area (Å²) < 4.78 is 0. The van der Waals surface area contributed by atoms with Crippen LogP contribution in [0.3, 0.4) is 0 Å². The summed E-state index contributed by atoms with van der Waals surface area (Å²) in [6.07, 6.45) is 8.31. The van der Waals surface area contributed by atoms with Crippen molar-refractivity contribution in [1.29, 1.82) is 0 Å². The molecule has 1 heterocycles. The summed E-state index contributed by atoms with van der Waals surface area (Å²) in [7, 11) is 0. The molecule has 0 bridgehead atoms. The molecule has 0 aromatic carbocycles. The largest absolute Gasteiger partial charge is 0.344 e. The second-order valence-electron chi connectivity index (χ2n) is 6.63. The van der Waals surface area contributed by atoms with E-state index < -0.39 is 11.5 Å². The maximum atomic E-state index is 12.6. The van der Waals surface area contributed by atoms with Crippen LogP contribution in [0.4, 0.5) is 0 Å². The fourth-order valence-electron chi connectivity index (χ4n) is 3.55. The number of hydrogen-bond donors (Lipinski definition) is 2. The van der Waals surface area contributed by atoms with Crippen molar-refractivity contribution in [1.82, 2.24) is 10.2 Å².